The highest BCUT2D eigenvalue weighted by molar-refractivity contribution is 9.10. The van der Waals surface area contributed by atoms with E-state index in [1.165, 1.54) is 4.90 Å². The van der Waals surface area contributed by atoms with Gasteiger partial charge in [0, 0.05) is 4.47 Å². The summed E-state index contributed by atoms with van der Waals surface area (Å²) >= 11 is 9.45. The minimum absolute atomic E-state index is 0.106. The average Bonchev–Trinajstić information content (AvgIpc) is 2.68. The van der Waals surface area contributed by atoms with E-state index in [0.717, 1.165) is 10.0 Å². The molecule has 1 aliphatic carbocycles. The van der Waals surface area contributed by atoms with E-state index < -0.39 is 0 Å². The second-order valence-electron chi connectivity index (χ2n) is 5.22. The van der Waals surface area contributed by atoms with Gasteiger partial charge in [0.2, 0.25) is 11.8 Å². The third-order valence-electron chi connectivity index (χ3n) is 3.99. The molecule has 3 nitrogen and oxygen atoms in total. The van der Waals surface area contributed by atoms with Crippen LogP contribution in [-0.4, -0.2) is 11.8 Å². The van der Waals surface area contributed by atoms with Crippen molar-refractivity contribution in [2.45, 2.75) is 19.8 Å². The van der Waals surface area contributed by atoms with Crippen molar-refractivity contribution in [2.24, 2.45) is 11.8 Å². The zero-order valence-electron chi connectivity index (χ0n) is 10.9. The topological polar surface area (TPSA) is 37.4 Å². The Morgan fingerprint density at radius 1 is 1.15 bits per heavy atom. The molecule has 1 aromatic carbocycles. The van der Waals surface area contributed by atoms with E-state index in [-0.39, 0.29) is 23.7 Å². The molecule has 1 aliphatic heterocycles. The first-order valence-electron chi connectivity index (χ1n) is 6.49. The minimum atomic E-state index is -0.214. The van der Waals surface area contributed by atoms with Crippen LogP contribution in [0.25, 0.3) is 0 Å². The monoisotopic (exact) mass is 353 g/mol. The summed E-state index contributed by atoms with van der Waals surface area (Å²) in [5.41, 5.74) is 1.46. The Labute approximate surface area is 130 Å². The van der Waals surface area contributed by atoms with Gasteiger partial charge in [-0.25, -0.2) is 4.90 Å². The lowest BCUT2D eigenvalue weighted by Crippen LogP contribution is -2.31. The number of fused-ring (bicyclic) bond motifs is 1. The van der Waals surface area contributed by atoms with E-state index in [0.29, 0.717) is 23.6 Å². The SMILES string of the molecule is Cc1cc(Br)c(Cl)cc1N1C(=O)[C@H]2CC=CC[C@H]2C1=O. The summed E-state index contributed by atoms with van der Waals surface area (Å²) in [7, 11) is 0. The van der Waals surface area contributed by atoms with Crippen molar-refractivity contribution in [3.05, 3.63) is 39.3 Å². The number of halogens is 2. The van der Waals surface area contributed by atoms with Crippen molar-refractivity contribution in [2.75, 3.05) is 4.90 Å². The molecule has 0 saturated carbocycles. The number of rotatable bonds is 1. The molecule has 0 bridgehead atoms. The lowest BCUT2D eigenvalue weighted by Gasteiger charge is -2.18. The van der Waals surface area contributed by atoms with Crippen molar-refractivity contribution < 1.29 is 9.59 Å². The number of aryl methyl sites for hydroxylation is 1. The third-order valence-corrected chi connectivity index (χ3v) is 5.18. The number of hydrogen-bond donors (Lipinski definition) is 0. The van der Waals surface area contributed by atoms with Gasteiger partial charge in [0.15, 0.2) is 0 Å². The minimum Gasteiger partial charge on any atom is -0.274 e. The summed E-state index contributed by atoms with van der Waals surface area (Å²) in [6.45, 7) is 1.87. The predicted molar refractivity (Wildman–Crippen MR) is 81.7 cm³/mol. The zero-order valence-corrected chi connectivity index (χ0v) is 13.2. The molecular formula is C15H13BrClNO2. The largest absolute Gasteiger partial charge is 0.274 e. The fraction of sp³-hybridized carbons (Fsp3) is 0.333. The molecule has 1 heterocycles. The van der Waals surface area contributed by atoms with E-state index >= 15 is 0 Å². The Balaban J connectivity index is 2.05. The summed E-state index contributed by atoms with van der Waals surface area (Å²) in [4.78, 5) is 26.3. The summed E-state index contributed by atoms with van der Waals surface area (Å²) in [6, 6.07) is 3.51. The van der Waals surface area contributed by atoms with E-state index in [9.17, 15) is 9.59 Å². The first-order chi connectivity index (χ1) is 9.50. The van der Waals surface area contributed by atoms with Gasteiger partial charge in [0.1, 0.15) is 0 Å². The van der Waals surface area contributed by atoms with E-state index in [2.05, 4.69) is 15.9 Å². The summed E-state index contributed by atoms with van der Waals surface area (Å²) in [6.07, 6.45) is 5.26. The highest BCUT2D eigenvalue weighted by Gasteiger charge is 2.48. The highest BCUT2D eigenvalue weighted by atomic mass is 79.9. The normalized spacial score (nSPS) is 25.2. The van der Waals surface area contributed by atoms with Crippen LogP contribution in [-0.2, 0) is 9.59 Å². The molecule has 3 rings (SSSR count). The second kappa shape index (κ2) is 5.01. The molecule has 0 N–H and O–H groups in total. The number of allylic oxidation sites excluding steroid dienone is 2. The fourth-order valence-electron chi connectivity index (χ4n) is 2.91. The number of carbonyl (C=O) groups excluding carboxylic acids is 2. The molecule has 2 amide bonds. The van der Waals surface area contributed by atoms with Crippen LogP contribution in [0.2, 0.25) is 5.02 Å². The van der Waals surface area contributed by atoms with Gasteiger partial charge < -0.3 is 0 Å². The average molecular weight is 355 g/mol. The molecule has 2 aliphatic rings. The van der Waals surface area contributed by atoms with Gasteiger partial charge in [-0.2, -0.15) is 0 Å². The number of benzene rings is 1. The summed E-state index contributed by atoms with van der Waals surface area (Å²) in [5, 5.41) is 0.499. The first-order valence-corrected chi connectivity index (χ1v) is 7.66. The van der Waals surface area contributed by atoms with Crippen LogP contribution in [0.1, 0.15) is 18.4 Å². The van der Waals surface area contributed by atoms with Crippen LogP contribution >= 0.6 is 27.5 Å². The number of amides is 2. The number of nitrogens with zero attached hydrogens (tertiary/aromatic N) is 1. The van der Waals surface area contributed by atoms with Crippen molar-refractivity contribution in [3.8, 4) is 0 Å². The number of carbonyl (C=O) groups is 2. The molecular weight excluding hydrogens is 342 g/mol. The molecule has 0 spiro atoms. The van der Waals surface area contributed by atoms with Crippen LogP contribution in [0.5, 0.6) is 0 Å². The Bertz CT molecular complexity index is 615. The van der Waals surface area contributed by atoms with Gasteiger partial charge >= 0.3 is 0 Å². The molecule has 1 aromatic rings. The van der Waals surface area contributed by atoms with E-state index in [1.54, 1.807) is 6.07 Å². The molecule has 0 aromatic heterocycles. The molecule has 5 heteroatoms. The van der Waals surface area contributed by atoms with E-state index in [1.807, 2.05) is 25.1 Å². The summed E-state index contributed by atoms with van der Waals surface area (Å²) < 4.78 is 0.763. The van der Waals surface area contributed by atoms with Crippen LogP contribution < -0.4 is 4.90 Å². The number of anilines is 1. The maximum atomic E-state index is 12.5. The predicted octanol–water partition coefficient (Wildman–Crippen LogP) is 3.87. The summed E-state index contributed by atoms with van der Waals surface area (Å²) in [5.74, 6) is -0.639. The van der Waals surface area contributed by atoms with Crippen LogP contribution in [0.3, 0.4) is 0 Å². The van der Waals surface area contributed by atoms with Gasteiger partial charge in [-0.05, 0) is 53.4 Å². The maximum absolute atomic E-state index is 12.5. The molecule has 1 saturated heterocycles. The Morgan fingerprint density at radius 2 is 1.70 bits per heavy atom. The molecule has 1 fully saturated rings. The molecule has 20 heavy (non-hydrogen) atoms. The van der Waals surface area contributed by atoms with Crippen molar-refractivity contribution >= 4 is 45.0 Å². The van der Waals surface area contributed by atoms with E-state index in [4.69, 9.17) is 11.6 Å². The number of imide groups is 1. The third kappa shape index (κ3) is 2.02. The van der Waals surface area contributed by atoms with Gasteiger partial charge in [-0.3, -0.25) is 9.59 Å². The molecule has 2 atom stereocenters. The van der Waals surface area contributed by atoms with Gasteiger partial charge in [0.05, 0.1) is 22.5 Å². The van der Waals surface area contributed by atoms with Crippen molar-refractivity contribution in [3.63, 3.8) is 0 Å². The maximum Gasteiger partial charge on any atom is 0.238 e. The van der Waals surface area contributed by atoms with Crippen molar-refractivity contribution in [1.82, 2.24) is 0 Å². The molecule has 0 radical (unpaired) electrons. The zero-order chi connectivity index (χ0) is 14.4. The van der Waals surface area contributed by atoms with Gasteiger partial charge in [-0.15, -0.1) is 0 Å². The smallest absolute Gasteiger partial charge is 0.238 e. The Morgan fingerprint density at radius 3 is 2.25 bits per heavy atom. The lowest BCUT2D eigenvalue weighted by molar-refractivity contribution is -0.122. The molecule has 104 valence electrons. The van der Waals surface area contributed by atoms with Gasteiger partial charge in [-0.1, -0.05) is 23.8 Å². The quantitative estimate of drug-likeness (QED) is 0.567. The van der Waals surface area contributed by atoms with Crippen LogP contribution in [0.4, 0.5) is 5.69 Å². The fourth-order valence-corrected chi connectivity index (χ4v) is 3.53. The van der Waals surface area contributed by atoms with Crippen LogP contribution in [0.15, 0.2) is 28.8 Å². The highest BCUT2D eigenvalue weighted by Crippen LogP contribution is 2.40. The second-order valence-corrected chi connectivity index (χ2v) is 6.48. The Kier molecular flexibility index (Phi) is 3.46. The van der Waals surface area contributed by atoms with Crippen LogP contribution in [0, 0.1) is 18.8 Å². The Hall–Kier alpha value is -1.13. The van der Waals surface area contributed by atoms with Crippen molar-refractivity contribution in [1.29, 1.82) is 0 Å². The molecule has 0 unspecified atom stereocenters. The number of hydrogen-bond acceptors (Lipinski definition) is 2. The lowest BCUT2D eigenvalue weighted by atomic mass is 9.85. The van der Waals surface area contributed by atoms with Gasteiger partial charge in [0.25, 0.3) is 0 Å². The first kappa shape index (κ1) is 13.8. The standard InChI is InChI=1S/C15H13BrClNO2/c1-8-6-11(16)12(17)7-13(8)18-14(19)9-4-2-3-5-10(9)15(18)20/h2-3,6-7,9-10H,4-5H2,1H3/t9-,10+.